The Labute approximate surface area is 151 Å². The molecule has 0 saturated carbocycles. The van der Waals surface area contributed by atoms with Crippen molar-refractivity contribution in [2.24, 2.45) is 0 Å². The first-order valence-electron chi connectivity index (χ1n) is 7.11. The number of fused-ring (bicyclic) bond motifs is 1. The molecule has 0 bridgehead atoms. The number of hydrogen-bond acceptors (Lipinski definition) is 4. The maximum atomic E-state index is 4.47. The number of anilines is 2. The lowest BCUT2D eigenvalue weighted by atomic mass is 10.1. The summed E-state index contributed by atoms with van der Waals surface area (Å²) in [7, 11) is 0. The van der Waals surface area contributed by atoms with E-state index in [0.717, 1.165) is 21.7 Å². The van der Waals surface area contributed by atoms with Gasteiger partial charge in [-0.3, -0.25) is 0 Å². The van der Waals surface area contributed by atoms with Crippen molar-refractivity contribution in [3.8, 4) is 11.1 Å². The Bertz CT molecular complexity index is 949. The molecule has 2 heterocycles. The summed E-state index contributed by atoms with van der Waals surface area (Å²) >= 11 is 3.95. The van der Waals surface area contributed by atoms with Gasteiger partial charge in [-0.2, -0.15) is 0 Å². The summed E-state index contributed by atoms with van der Waals surface area (Å²) < 4.78 is 1.21. The number of aromatic nitrogens is 2. The van der Waals surface area contributed by atoms with Gasteiger partial charge in [0.2, 0.25) is 0 Å². The predicted octanol–water partition coefficient (Wildman–Crippen LogP) is 5.71. The van der Waals surface area contributed by atoms with E-state index < -0.39 is 0 Å². The summed E-state index contributed by atoms with van der Waals surface area (Å²) in [6, 6.07) is 18.6. The van der Waals surface area contributed by atoms with Crippen LogP contribution < -0.4 is 5.32 Å². The van der Waals surface area contributed by atoms with Gasteiger partial charge in [0, 0.05) is 20.2 Å². The van der Waals surface area contributed by atoms with E-state index in [0.29, 0.717) is 0 Å². The molecule has 0 aliphatic heterocycles. The third-order valence-electron chi connectivity index (χ3n) is 3.56. The molecule has 0 unspecified atom stereocenters. The van der Waals surface area contributed by atoms with Crippen molar-refractivity contribution in [3.63, 3.8) is 0 Å². The van der Waals surface area contributed by atoms with E-state index in [9.17, 15) is 0 Å². The van der Waals surface area contributed by atoms with Gasteiger partial charge in [-0.15, -0.1) is 11.3 Å². The first-order chi connectivity index (χ1) is 11.3. The largest absolute Gasteiger partial charge is 0.340 e. The molecule has 112 valence electrons. The Hall–Kier alpha value is -1.99. The van der Waals surface area contributed by atoms with Gasteiger partial charge >= 0.3 is 0 Å². The molecule has 3 nitrogen and oxygen atoms in total. The van der Waals surface area contributed by atoms with Crippen LogP contribution in [0.25, 0.3) is 21.3 Å². The topological polar surface area (TPSA) is 37.8 Å². The highest BCUT2D eigenvalue weighted by atomic mass is 127. The third-order valence-corrected chi connectivity index (χ3v) is 5.17. The fraction of sp³-hybridized carbons (Fsp3) is 0. The fourth-order valence-corrected chi connectivity index (χ4v) is 3.75. The molecule has 4 aromatic rings. The second-order valence-electron chi connectivity index (χ2n) is 5.05. The molecule has 5 heteroatoms. The lowest BCUT2D eigenvalue weighted by Gasteiger charge is -2.08. The molecule has 0 atom stereocenters. The van der Waals surface area contributed by atoms with Gasteiger partial charge in [0.05, 0.1) is 5.39 Å². The number of thiophene rings is 1. The number of rotatable bonds is 3. The van der Waals surface area contributed by atoms with Crippen LogP contribution in [-0.2, 0) is 0 Å². The number of nitrogens with zero attached hydrogens (tertiary/aromatic N) is 2. The summed E-state index contributed by atoms with van der Waals surface area (Å²) in [6.07, 6.45) is 1.61. The summed E-state index contributed by atoms with van der Waals surface area (Å²) in [5.74, 6) is 0.844. The molecule has 0 saturated heterocycles. The van der Waals surface area contributed by atoms with E-state index >= 15 is 0 Å². The van der Waals surface area contributed by atoms with Crippen molar-refractivity contribution in [1.82, 2.24) is 9.97 Å². The molecule has 1 N–H and O–H groups in total. The van der Waals surface area contributed by atoms with Crippen molar-refractivity contribution in [1.29, 1.82) is 0 Å². The van der Waals surface area contributed by atoms with Crippen LogP contribution >= 0.6 is 33.9 Å². The summed E-state index contributed by atoms with van der Waals surface area (Å²) in [6.45, 7) is 0. The van der Waals surface area contributed by atoms with Crippen molar-refractivity contribution in [2.45, 2.75) is 0 Å². The molecule has 0 aliphatic carbocycles. The Morgan fingerprint density at radius 2 is 1.70 bits per heavy atom. The highest BCUT2D eigenvalue weighted by Crippen LogP contribution is 2.37. The van der Waals surface area contributed by atoms with Gasteiger partial charge in [-0.05, 0) is 52.4 Å². The van der Waals surface area contributed by atoms with Crippen LogP contribution in [0.2, 0.25) is 0 Å². The lowest BCUT2D eigenvalue weighted by Crippen LogP contribution is -1.95. The molecule has 0 fully saturated rings. The van der Waals surface area contributed by atoms with Crippen molar-refractivity contribution in [3.05, 3.63) is 69.9 Å². The quantitative estimate of drug-likeness (QED) is 0.424. The van der Waals surface area contributed by atoms with Crippen LogP contribution in [0, 0.1) is 3.57 Å². The Morgan fingerprint density at radius 3 is 2.48 bits per heavy atom. The zero-order valence-corrected chi connectivity index (χ0v) is 15.0. The Morgan fingerprint density at radius 1 is 0.913 bits per heavy atom. The standard InChI is InChI=1S/C18H12IN3S/c19-13-6-8-14(9-7-13)22-17-16-15(12-4-2-1-3-5-12)10-23-18(16)21-11-20-17/h1-11H,(H,20,21,22). The zero-order chi connectivity index (χ0) is 15.6. The molecule has 0 amide bonds. The van der Waals surface area contributed by atoms with Gasteiger partial charge in [0.1, 0.15) is 17.0 Å². The highest BCUT2D eigenvalue weighted by Gasteiger charge is 2.13. The maximum absolute atomic E-state index is 4.47. The number of hydrogen-bond donors (Lipinski definition) is 1. The first kappa shape index (κ1) is 14.6. The number of benzene rings is 2. The smallest absolute Gasteiger partial charge is 0.143 e. The average molecular weight is 429 g/mol. The van der Waals surface area contributed by atoms with E-state index in [1.807, 2.05) is 6.07 Å². The van der Waals surface area contributed by atoms with E-state index in [-0.39, 0.29) is 0 Å². The maximum Gasteiger partial charge on any atom is 0.143 e. The van der Waals surface area contributed by atoms with Crippen LogP contribution in [0.3, 0.4) is 0 Å². The minimum Gasteiger partial charge on any atom is -0.340 e. The van der Waals surface area contributed by atoms with Crippen LogP contribution in [0.5, 0.6) is 0 Å². The van der Waals surface area contributed by atoms with Gasteiger partial charge in [0.15, 0.2) is 0 Å². The monoisotopic (exact) mass is 429 g/mol. The van der Waals surface area contributed by atoms with Crippen LogP contribution in [0.4, 0.5) is 11.5 Å². The highest BCUT2D eigenvalue weighted by molar-refractivity contribution is 14.1. The SMILES string of the molecule is Ic1ccc(Nc2ncnc3scc(-c4ccccc4)c23)cc1. The van der Waals surface area contributed by atoms with Gasteiger partial charge in [-0.1, -0.05) is 30.3 Å². The minimum atomic E-state index is 0.844. The lowest BCUT2D eigenvalue weighted by molar-refractivity contribution is 1.23. The number of halogens is 1. The Kier molecular flexibility index (Phi) is 3.97. The first-order valence-corrected chi connectivity index (χ1v) is 9.07. The zero-order valence-electron chi connectivity index (χ0n) is 12.0. The normalized spacial score (nSPS) is 10.8. The van der Waals surface area contributed by atoms with Gasteiger partial charge < -0.3 is 5.32 Å². The molecule has 2 aromatic heterocycles. The van der Waals surface area contributed by atoms with E-state index in [4.69, 9.17) is 0 Å². The molecule has 0 radical (unpaired) electrons. The van der Waals surface area contributed by atoms with Crippen LogP contribution in [0.15, 0.2) is 66.3 Å². The van der Waals surface area contributed by atoms with E-state index in [1.54, 1.807) is 17.7 Å². The molecule has 23 heavy (non-hydrogen) atoms. The molecule has 2 aromatic carbocycles. The van der Waals surface area contributed by atoms with Gasteiger partial charge in [-0.25, -0.2) is 9.97 Å². The molecule has 4 rings (SSSR count). The molecule has 0 aliphatic rings. The molecule has 0 spiro atoms. The average Bonchev–Trinajstić information content (AvgIpc) is 3.03. The second-order valence-corrected chi connectivity index (χ2v) is 7.15. The van der Waals surface area contributed by atoms with Crippen molar-refractivity contribution >= 4 is 55.6 Å². The molecular formula is C18H12IN3S. The predicted molar refractivity (Wildman–Crippen MR) is 105 cm³/mol. The van der Waals surface area contributed by atoms with E-state index in [1.165, 1.54) is 14.7 Å². The Balaban J connectivity index is 1.83. The van der Waals surface area contributed by atoms with E-state index in [2.05, 4.69) is 91.8 Å². The molecular weight excluding hydrogens is 417 g/mol. The minimum absolute atomic E-state index is 0.844. The van der Waals surface area contributed by atoms with Crippen LogP contribution in [-0.4, -0.2) is 9.97 Å². The second kappa shape index (κ2) is 6.25. The summed E-state index contributed by atoms with van der Waals surface area (Å²) in [5, 5.41) is 6.64. The number of nitrogens with one attached hydrogen (secondary N) is 1. The fourth-order valence-electron chi connectivity index (χ4n) is 2.47. The van der Waals surface area contributed by atoms with Crippen molar-refractivity contribution in [2.75, 3.05) is 5.32 Å². The van der Waals surface area contributed by atoms with Gasteiger partial charge in [0.25, 0.3) is 0 Å². The van der Waals surface area contributed by atoms with Crippen molar-refractivity contribution < 1.29 is 0 Å². The third kappa shape index (κ3) is 2.94. The van der Waals surface area contributed by atoms with Crippen LogP contribution in [0.1, 0.15) is 0 Å². The summed E-state index contributed by atoms with van der Waals surface area (Å²) in [5.41, 5.74) is 3.37. The summed E-state index contributed by atoms with van der Waals surface area (Å²) in [4.78, 5) is 9.87.